The first kappa shape index (κ1) is 19.8. The fourth-order valence-corrected chi connectivity index (χ4v) is 2.77. The summed E-state index contributed by atoms with van der Waals surface area (Å²) in [6.07, 6.45) is 5.97. The maximum Gasteiger partial charge on any atom is 0.327 e. The molecule has 0 bridgehead atoms. The highest BCUT2D eigenvalue weighted by atomic mass is 16.5. The van der Waals surface area contributed by atoms with E-state index in [9.17, 15) is 14.4 Å². The van der Waals surface area contributed by atoms with E-state index in [0.29, 0.717) is 30.2 Å². The fraction of sp³-hybridized carbons (Fsp3) is 0.350. The molecule has 4 amide bonds. The van der Waals surface area contributed by atoms with Gasteiger partial charge in [-0.1, -0.05) is 0 Å². The predicted octanol–water partition coefficient (Wildman–Crippen LogP) is 2.44. The van der Waals surface area contributed by atoms with Gasteiger partial charge in [0, 0.05) is 25.3 Å². The highest BCUT2D eigenvalue weighted by Gasteiger charge is 2.51. The zero-order valence-corrected chi connectivity index (χ0v) is 16.3. The third-order valence-electron chi connectivity index (χ3n) is 4.88. The summed E-state index contributed by atoms with van der Waals surface area (Å²) in [7, 11) is 1.44. The van der Waals surface area contributed by atoms with Crippen LogP contribution in [-0.4, -0.2) is 40.5 Å². The van der Waals surface area contributed by atoms with E-state index in [1.807, 2.05) is 0 Å². The van der Waals surface area contributed by atoms with Gasteiger partial charge in [0.05, 0.1) is 6.20 Å². The van der Waals surface area contributed by atoms with Crippen LogP contribution in [0.2, 0.25) is 0 Å². The number of imide groups is 1. The summed E-state index contributed by atoms with van der Waals surface area (Å²) < 4.78 is 10.8. The molecule has 2 aromatic rings. The van der Waals surface area contributed by atoms with Crippen molar-refractivity contribution in [2.45, 2.75) is 31.3 Å². The molecular weight excluding hydrogens is 390 g/mol. The van der Waals surface area contributed by atoms with Crippen molar-refractivity contribution < 1.29 is 23.9 Å². The van der Waals surface area contributed by atoms with Gasteiger partial charge in [-0.25, -0.2) is 14.8 Å². The number of amides is 4. The molecule has 30 heavy (non-hydrogen) atoms. The summed E-state index contributed by atoms with van der Waals surface area (Å²) in [5, 5.41) is 7.49. The van der Waals surface area contributed by atoms with Crippen LogP contribution >= 0.6 is 0 Å². The van der Waals surface area contributed by atoms with Crippen molar-refractivity contribution in [3.8, 4) is 11.5 Å². The average molecular weight is 411 g/mol. The van der Waals surface area contributed by atoms with Crippen LogP contribution in [0.3, 0.4) is 0 Å². The standard InChI is InChI=1S/C20H21N5O5/c1-29-20(7-8-20)18(27)25-19(28)24-15-5-4-14(11-22-15)30-13-6-9-21-16(10-13)23-17(26)12-2-3-12/h4-6,9-12H,2-3,7-8H2,1H3,(H,21,23,26)(H2,22,24,25,27,28). The first-order valence-electron chi connectivity index (χ1n) is 9.56. The number of aromatic nitrogens is 2. The van der Waals surface area contributed by atoms with Crippen LogP contribution in [0.25, 0.3) is 0 Å². The van der Waals surface area contributed by atoms with Gasteiger partial charge in [-0.05, 0) is 43.9 Å². The Labute approximate surface area is 172 Å². The maximum absolute atomic E-state index is 12.0. The number of nitrogens with one attached hydrogen (secondary N) is 3. The zero-order valence-electron chi connectivity index (χ0n) is 16.3. The second-order valence-corrected chi connectivity index (χ2v) is 7.23. The second-order valence-electron chi connectivity index (χ2n) is 7.23. The lowest BCUT2D eigenvalue weighted by Gasteiger charge is -2.13. The van der Waals surface area contributed by atoms with Crippen molar-refractivity contribution >= 4 is 29.5 Å². The third kappa shape index (κ3) is 4.71. The minimum atomic E-state index is -0.885. The number of anilines is 2. The van der Waals surface area contributed by atoms with Gasteiger partial charge in [-0.2, -0.15) is 0 Å². The van der Waals surface area contributed by atoms with Crippen molar-refractivity contribution in [3.05, 3.63) is 36.7 Å². The Morgan fingerprint density at radius 1 is 1.03 bits per heavy atom. The summed E-state index contributed by atoms with van der Waals surface area (Å²) in [5.74, 6) is 1.16. The average Bonchev–Trinajstić information content (AvgIpc) is 3.63. The molecule has 2 heterocycles. The highest BCUT2D eigenvalue weighted by Crippen LogP contribution is 2.38. The number of urea groups is 1. The molecule has 0 radical (unpaired) electrons. The number of carbonyl (C=O) groups excluding carboxylic acids is 3. The van der Waals surface area contributed by atoms with Gasteiger partial charge in [0.2, 0.25) is 5.91 Å². The Bertz CT molecular complexity index is 970. The Hall–Kier alpha value is -3.53. The van der Waals surface area contributed by atoms with Crippen LogP contribution in [-0.2, 0) is 14.3 Å². The molecule has 0 unspecified atom stereocenters. The van der Waals surface area contributed by atoms with Gasteiger partial charge in [0.25, 0.3) is 5.91 Å². The SMILES string of the molecule is COC1(C(=O)NC(=O)Nc2ccc(Oc3ccnc(NC(=O)C4CC4)c3)cn2)CC1. The number of carbonyl (C=O) groups is 3. The minimum Gasteiger partial charge on any atom is -0.456 e. The van der Waals surface area contributed by atoms with Gasteiger partial charge >= 0.3 is 6.03 Å². The predicted molar refractivity (Wildman–Crippen MR) is 106 cm³/mol. The van der Waals surface area contributed by atoms with Crippen LogP contribution in [0, 0.1) is 5.92 Å². The van der Waals surface area contributed by atoms with Gasteiger partial charge < -0.3 is 14.8 Å². The molecule has 3 N–H and O–H groups in total. The molecule has 156 valence electrons. The molecule has 0 spiro atoms. The van der Waals surface area contributed by atoms with E-state index in [1.165, 1.54) is 19.5 Å². The molecule has 2 saturated carbocycles. The van der Waals surface area contributed by atoms with Gasteiger partial charge in [-0.15, -0.1) is 0 Å². The number of hydrogen-bond donors (Lipinski definition) is 3. The molecule has 10 nitrogen and oxygen atoms in total. The Morgan fingerprint density at radius 2 is 1.83 bits per heavy atom. The molecule has 4 rings (SSSR count). The summed E-state index contributed by atoms with van der Waals surface area (Å²) >= 11 is 0. The van der Waals surface area contributed by atoms with Crippen molar-refractivity contribution in [1.82, 2.24) is 15.3 Å². The van der Waals surface area contributed by atoms with E-state index in [2.05, 4.69) is 25.9 Å². The molecule has 0 aliphatic heterocycles. The van der Waals surface area contributed by atoms with E-state index >= 15 is 0 Å². The molecule has 0 aromatic carbocycles. The van der Waals surface area contributed by atoms with Gasteiger partial charge in [-0.3, -0.25) is 20.2 Å². The number of methoxy groups -OCH3 is 1. The summed E-state index contributed by atoms with van der Waals surface area (Å²) in [4.78, 5) is 44.0. The van der Waals surface area contributed by atoms with E-state index in [-0.39, 0.29) is 17.6 Å². The molecular formula is C20H21N5O5. The summed E-state index contributed by atoms with van der Waals surface area (Å²) in [6.45, 7) is 0. The normalized spacial score (nSPS) is 16.3. The minimum absolute atomic E-state index is 0.0355. The number of ether oxygens (including phenoxy) is 2. The zero-order chi connectivity index (χ0) is 21.1. The fourth-order valence-electron chi connectivity index (χ4n) is 2.77. The van der Waals surface area contributed by atoms with Crippen LogP contribution in [0.4, 0.5) is 16.4 Å². The quantitative estimate of drug-likeness (QED) is 0.638. The topological polar surface area (TPSA) is 132 Å². The Balaban J connectivity index is 1.31. The monoisotopic (exact) mass is 411 g/mol. The first-order chi connectivity index (χ1) is 14.5. The first-order valence-corrected chi connectivity index (χ1v) is 9.56. The number of nitrogens with zero attached hydrogens (tertiary/aromatic N) is 2. The smallest absolute Gasteiger partial charge is 0.327 e. The number of pyridine rings is 2. The number of rotatable bonds is 7. The van der Waals surface area contributed by atoms with Crippen molar-refractivity contribution in [2.24, 2.45) is 5.92 Å². The van der Waals surface area contributed by atoms with E-state index in [0.717, 1.165) is 12.8 Å². The van der Waals surface area contributed by atoms with Gasteiger partial charge in [0.1, 0.15) is 28.7 Å². The van der Waals surface area contributed by atoms with Crippen molar-refractivity contribution in [1.29, 1.82) is 0 Å². The van der Waals surface area contributed by atoms with Crippen LogP contribution in [0.1, 0.15) is 25.7 Å². The molecule has 2 aliphatic rings. The summed E-state index contributed by atoms with van der Waals surface area (Å²) in [6, 6.07) is 5.75. The summed E-state index contributed by atoms with van der Waals surface area (Å²) in [5.41, 5.74) is -0.885. The van der Waals surface area contributed by atoms with E-state index in [4.69, 9.17) is 9.47 Å². The van der Waals surface area contributed by atoms with E-state index in [1.54, 1.807) is 24.3 Å². The second kappa shape index (κ2) is 8.07. The molecule has 2 fully saturated rings. The lowest BCUT2D eigenvalue weighted by molar-refractivity contribution is -0.132. The van der Waals surface area contributed by atoms with Crippen LogP contribution < -0.4 is 20.7 Å². The van der Waals surface area contributed by atoms with E-state index < -0.39 is 17.5 Å². The lowest BCUT2D eigenvalue weighted by Crippen LogP contribution is -2.43. The molecule has 0 atom stereocenters. The van der Waals surface area contributed by atoms with Crippen LogP contribution in [0.15, 0.2) is 36.7 Å². The van der Waals surface area contributed by atoms with Gasteiger partial charge in [0.15, 0.2) is 0 Å². The lowest BCUT2D eigenvalue weighted by atomic mass is 10.3. The highest BCUT2D eigenvalue weighted by molar-refractivity contribution is 6.04. The number of hydrogen-bond acceptors (Lipinski definition) is 7. The Morgan fingerprint density at radius 3 is 2.47 bits per heavy atom. The molecule has 10 heteroatoms. The van der Waals surface area contributed by atoms with Crippen LogP contribution in [0.5, 0.6) is 11.5 Å². The molecule has 2 aliphatic carbocycles. The largest absolute Gasteiger partial charge is 0.456 e. The third-order valence-corrected chi connectivity index (χ3v) is 4.88. The Kier molecular flexibility index (Phi) is 5.32. The van der Waals surface area contributed by atoms with Crippen molar-refractivity contribution in [2.75, 3.05) is 17.7 Å². The van der Waals surface area contributed by atoms with Crippen molar-refractivity contribution in [3.63, 3.8) is 0 Å². The molecule has 0 saturated heterocycles. The maximum atomic E-state index is 12.0. The molecule has 2 aromatic heterocycles.